The Balaban J connectivity index is 1.47. The molecule has 4 heterocycles. The van der Waals surface area contributed by atoms with Crippen molar-refractivity contribution in [3.63, 3.8) is 0 Å². The van der Waals surface area contributed by atoms with E-state index in [-0.39, 0.29) is 17.7 Å². The molecule has 2 aromatic rings. The molecule has 0 saturated carbocycles. The van der Waals surface area contributed by atoms with Crippen LogP contribution in [0, 0.1) is 6.92 Å². The molecule has 1 N–H and O–H groups in total. The molecule has 204 valence electrons. The molecule has 3 aliphatic rings. The topological polar surface area (TPSA) is 110 Å². The van der Waals surface area contributed by atoms with E-state index in [0.717, 1.165) is 31.2 Å². The number of aryl methyl sites for hydroxylation is 1. The van der Waals surface area contributed by atoms with E-state index in [4.69, 9.17) is 9.72 Å². The molecule has 1 aromatic heterocycles. The van der Waals surface area contributed by atoms with E-state index in [0.29, 0.717) is 70.1 Å². The van der Waals surface area contributed by atoms with Gasteiger partial charge in [0.15, 0.2) is 0 Å². The van der Waals surface area contributed by atoms with Gasteiger partial charge in [0.1, 0.15) is 23.8 Å². The maximum Gasteiger partial charge on any atom is 0.251 e. The number of hydrogen-bond donors (Lipinski definition) is 1. The molecule has 0 unspecified atom stereocenters. The lowest BCUT2D eigenvalue weighted by Gasteiger charge is -2.36. The molecule has 1 aromatic carbocycles. The summed E-state index contributed by atoms with van der Waals surface area (Å²) in [6, 6.07) is 9.06. The zero-order chi connectivity index (χ0) is 26.5. The van der Waals surface area contributed by atoms with E-state index >= 15 is 0 Å². The maximum absolute atomic E-state index is 13.6. The molecule has 2 saturated heterocycles. The first kappa shape index (κ1) is 26.3. The standard InChI is InChI=1S/C28H38N6O4/c1-20-29-26-22(19-21-9-3-2-4-10-21)30-27(36)23-11-5-6-15-33(23)25(35)13-7-14-32(16-17-34(26)31-20)28(37)24-12-8-18-38-24/h2-4,9-10,22-24H,5-8,11-19H2,1H3,(H,30,36)/t22-,23+,24+/m1/s1. The van der Waals surface area contributed by atoms with Crippen LogP contribution in [-0.2, 0) is 32.1 Å². The number of rotatable bonds is 3. The second-order valence-electron chi connectivity index (χ2n) is 10.5. The molecule has 0 bridgehead atoms. The Bertz CT molecular complexity index is 1130. The number of hydrogen-bond acceptors (Lipinski definition) is 6. The van der Waals surface area contributed by atoms with Gasteiger partial charge in [-0.15, -0.1) is 0 Å². The number of carbonyl (C=O) groups excluding carboxylic acids is 3. The van der Waals surface area contributed by atoms with Crippen molar-refractivity contribution >= 4 is 17.7 Å². The first-order chi connectivity index (χ1) is 18.5. The van der Waals surface area contributed by atoms with E-state index in [1.54, 1.807) is 4.90 Å². The number of fused-ring (bicyclic) bond motifs is 2. The Morgan fingerprint density at radius 2 is 1.87 bits per heavy atom. The number of nitrogens with zero attached hydrogens (tertiary/aromatic N) is 5. The van der Waals surface area contributed by atoms with Crippen molar-refractivity contribution in [1.82, 2.24) is 29.9 Å². The zero-order valence-corrected chi connectivity index (χ0v) is 22.2. The molecule has 3 atom stereocenters. The highest BCUT2D eigenvalue weighted by Gasteiger charge is 2.35. The number of benzene rings is 1. The van der Waals surface area contributed by atoms with E-state index in [9.17, 15) is 14.4 Å². The maximum atomic E-state index is 13.6. The summed E-state index contributed by atoms with van der Waals surface area (Å²) in [6.07, 6.45) is 5.02. The predicted molar refractivity (Wildman–Crippen MR) is 140 cm³/mol. The van der Waals surface area contributed by atoms with E-state index in [2.05, 4.69) is 10.4 Å². The summed E-state index contributed by atoms with van der Waals surface area (Å²) >= 11 is 0. The fourth-order valence-corrected chi connectivity index (χ4v) is 5.81. The lowest BCUT2D eigenvalue weighted by Crippen LogP contribution is -2.53. The van der Waals surface area contributed by atoms with Crippen LogP contribution in [0.4, 0.5) is 0 Å². The minimum Gasteiger partial charge on any atom is -0.368 e. The summed E-state index contributed by atoms with van der Waals surface area (Å²) in [6.45, 7) is 4.36. The molecule has 2 fully saturated rings. The Labute approximate surface area is 223 Å². The van der Waals surface area contributed by atoms with E-state index in [1.807, 2.05) is 46.8 Å². The molecule has 3 aliphatic heterocycles. The fraction of sp³-hybridized carbons (Fsp3) is 0.607. The molecule has 10 heteroatoms. The summed E-state index contributed by atoms with van der Waals surface area (Å²) in [7, 11) is 0. The van der Waals surface area contributed by atoms with Gasteiger partial charge in [-0.1, -0.05) is 30.3 Å². The number of amides is 3. The van der Waals surface area contributed by atoms with Crippen LogP contribution in [0.1, 0.15) is 68.2 Å². The van der Waals surface area contributed by atoms with Crippen molar-refractivity contribution in [2.24, 2.45) is 0 Å². The largest absolute Gasteiger partial charge is 0.368 e. The van der Waals surface area contributed by atoms with Gasteiger partial charge >= 0.3 is 0 Å². The second-order valence-corrected chi connectivity index (χ2v) is 10.5. The number of ether oxygens (including phenoxy) is 1. The first-order valence-electron chi connectivity index (χ1n) is 13.9. The summed E-state index contributed by atoms with van der Waals surface area (Å²) in [5.74, 6) is 1.09. The molecule has 0 radical (unpaired) electrons. The summed E-state index contributed by atoms with van der Waals surface area (Å²) in [5, 5.41) is 7.87. The van der Waals surface area contributed by atoms with Crippen molar-refractivity contribution in [1.29, 1.82) is 0 Å². The fourth-order valence-electron chi connectivity index (χ4n) is 5.81. The average molecular weight is 523 g/mol. The lowest BCUT2D eigenvalue weighted by molar-refractivity contribution is -0.144. The van der Waals surface area contributed by atoms with Crippen molar-refractivity contribution in [3.05, 3.63) is 47.5 Å². The van der Waals surface area contributed by atoms with Gasteiger partial charge in [-0.25, -0.2) is 9.67 Å². The quantitative estimate of drug-likeness (QED) is 0.662. The van der Waals surface area contributed by atoms with Crippen molar-refractivity contribution < 1.29 is 19.1 Å². The van der Waals surface area contributed by atoms with Crippen LogP contribution >= 0.6 is 0 Å². The molecule has 5 rings (SSSR count). The Kier molecular flexibility index (Phi) is 8.36. The van der Waals surface area contributed by atoms with Gasteiger partial charge in [-0.3, -0.25) is 14.4 Å². The van der Waals surface area contributed by atoms with Crippen LogP contribution in [0.2, 0.25) is 0 Å². The molecular weight excluding hydrogens is 484 g/mol. The normalized spacial score (nSPS) is 25.3. The lowest BCUT2D eigenvalue weighted by atomic mass is 9.99. The third-order valence-corrected chi connectivity index (χ3v) is 7.76. The third kappa shape index (κ3) is 6.06. The second kappa shape index (κ2) is 12.1. The van der Waals surface area contributed by atoms with Crippen LogP contribution in [0.15, 0.2) is 30.3 Å². The predicted octanol–water partition coefficient (Wildman–Crippen LogP) is 2.17. The summed E-state index contributed by atoms with van der Waals surface area (Å²) < 4.78 is 7.52. The highest BCUT2D eigenvalue weighted by atomic mass is 16.5. The molecular formula is C28H38N6O4. The van der Waals surface area contributed by atoms with E-state index < -0.39 is 18.2 Å². The highest BCUT2D eigenvalue weighted by molar-refractivity contribution is 5.88. The number of piperidine rings is 1. The van der Waals surface area contributed by atoms with Crippen LogP contribution in [0.25, 0.3) is 0 Å². The van der Waals surface area contributed by atoms with Crippen molar-refractivity contribution in [3.8, 4) is 0 Å². The summed E-state index contributed by atoms with van der Waals surface area (Å²) in [4.78, 5) is 48.5. The van der Waals surface area contributed by atoms with Gasteiger partial charge in [0.25, 0.3) is 5.91 Å². The molecule has 0 spiro atoms. The van der Waals surface area contributed by atoms with Crippen LogP contribution in [0.3, 0.4) is 0 Å². The number of aromatic nitrogens is 3. The SMILES string of the molecule is Cc1nc2n(n1)CCN(C(=O)[C@@H]1CCCO1)CCCC(=O)N1CCCC[C@H]1C(=O)N[C@@H]2Cc1ccccc1. The smallest absolute Gasteiger partial charge is 0.251 e. The van der Waals surface area contributed by atoms with Gasteiger partial charge in [0.2, 0.25) is 11.8 Å². The van der Waals surface area contributed by atoms with Crippen LogP contribution < -0.4 is 5.32 Å². The van der Waals surface area contributed by atoms with Gasteiger partial charge in [0, 0.05) is 32.7 Å². The molecule has 0 aliphatic carbocycles. The Morgan fingerprint density at radius 3 is 2.66 bits per heavy atom. The molecule has 3 amide bonds. The highest BCUT2D eigenvalue weighted by Crippen LogP contribution is 2.23. The average Bonchev–Trinajstić information content (AvgIpc) is 3.60. The van der Waals surface area contributed by atoms with Crippen LogP contribution in [0.5, 0.6) is 0 Å². The van der Waals surface area contributed by atoms with E-state index in [1.165, 1.54) is 0 Å². The minimum atomic E-state index is -0.500. The number of nitrogens with one attached hydrogen (secondary N) is 1. The van der Waals surface area contributed by atoms with Crippen LogP contribution in [-0.4, -0.2) is 80.7 Å². The van der Waals surface area contributed by atoms with Gasteiger partial charge < -0.3 is 19.9 Å². The molecule has 38 heavy (non-hydrogen) atoms. The Morgan fingerprint density at radius 1 is 1.03 bits per heavy atom. The zero-order valence-electron chi connectivity index (χ0n) is 22.2. The van der Waals surface area contributed by atoms with Gasteiger partial charge in [-0.2, -0.15) is 5.10 Å². The van der Waals surface area contributed by atoms with Gasteiger partial charge in [-0.05, 0) is 57.4 Å². The molecule has 10 nitrogen and oxygen atoms in total. The first-order valence-corrected chi connectivity index (χ1v) is 13.9. The summed E-state index contributed by atoms with van der Waals surface area (Å²) in [5.41, 5.74) is 1.07. The van der Waals surface area contributed by atoms with Gasteiger partial charge in [0.05, 0.1) is 12.6 Å². The van der Waals surface area contributed by atoms with Crippen molar-refractivity contribution in [2.45, 2.75) is 83.0 Å². The number of carbonyl (C=O) groups is 3. The monoisotopic (exact) mass is 522 g/mol. The third-order valence-electron chi connectivity index (χ3n) is 7.76. The Hall–Kier alpha value is -3.27. The minimum absolute atomic E-state index is 0.0228. The van der Waals surface area contributed by atoms with Crippen molar-refractivity contribution in [2.75, 3.05) is 26.2 Å².